The molecule has 19 heavy (non-hydrogen) atoms. The van der Waals surface area contributed by atoms with Crippen molar-refractivity contribution in [3.8, 4) is 5.75 Å². The first-order chi connectivity index (χ1) is 9.28. The van der Waals surface area contributed by atoms with Gasteiger partial charge in [0.1, 0.15) is 5.75 Å². The Labute approximate surface area is 115 Å². The lowest BCUT2D eigenvalue weighted by Gasteiger charge is -2.12. The van der Waals surface area contributed by atoms with E-state index < -0.39 is 0 Å². The van der Waals surface area contributed by atoms with Gasteiger partial charge in [-0.2, -0.15) is 0 Å². The fourth-order valence-corrected chi connectivity index (χ4v) is 2.24. The van der Waals surface area contributed by atoms with E-state index in [-0.39, 0.29) is 0 Å². The number of hydrogen-bond donors (Lipinski definition) is 1. The summed E-state index contributed by atoms with van der Waals surface area (Å²) in [5.74, 6) is 0.902. The Hall–Kier alpha value is -1.77. The number of pyridine rings is 1. The van der Waals surface area contributed by atoms with E-state index in [1.807, 2.05) is 19.1 Å². The van der Waals surface area contributed by atoms with E-state index in [0.717, 1.165) is 47.4 Å². The van der Waals surface area contributed by atoms with Crippen LogP contribution in [0.4, 0.5) is 5.69 Å². The van der Waals surface area contributed by atoms with Crippen LogP contribution in [0.3, 0.4) is 0 Å². The summed E-state index contributed by atoms with van der Waals surface area (Å²) in [6.45, 7) is 7.88. The van der Waals surface area contributed by atoms with Gasteiger partial charge in [0, 0.05) is 23.3 Å². The Kier molecular flexibility index (Phi) is 4.61. The Morgan fingerprint density at radius 1 is 1.16 bits per heavy atom. The van der Waals surface area contributed by atoms with Gasteiger partial charge in [-0.15, -0.1) is 0 Å². The fourth-order valence-electron chi connectivity index (χ4n) is 2.24. The van der Waals surface area contributed by atoms with Crippen LogP contribution in [0.5, 0.6) is 5.75 Å². The second kappa shape index (κ2) is 6.41. The average molecular weight is 258 g/mol. The summed E-state index contributed by atoms with van der Waals surface area (Å²) in [5, 5.41) is 4.56. The van der Waals surface area contributed by atoms with Crippen molar-refractivity contribution in [1.29, 1.82) is 0 Å². The maximum absolute atomic E-state index is 5.57. The molecule has 2 rings (SSSR count). The summed E-state index contributed by atoms with van der Waals surface area (Å²) in [6, 6.07) is 8.26. The van der Waals surface area contributed by atoms with Crippen LogP contribution in [0.15, 0.2) is 24.3 Å². The van der Waals surface area contributed by atoms with Crippen LogP contribution >= 0.6 is 0 Å². The highest BCUT2D eigenvalue weighted by atomic mass is 16.5. The third kappa shape index (κ3) is 3.16. The maximum atomic E-state index is 5.57. The topological polar surface area (TPSA) is 34.1 Å². The minimum Gasteiger partial charge on any atom is -0.494 e. The van der Waals surface area contributed by atoms with Gasteiger partial charge in [0.25, 0.3) is 0 Å². The van der Waals surface area contributed by atoms with E-state index in [9.17, 15) is 0 Å². The molecule has 2 aromatic rings. The molecule has 1 N–H and O–H groups in total. The van der Waals surface area contributed by atoms with Gasteiger partial charge in [-0.3, -0.25) is 4.98 Å². The lowest BCUT2D eigenvalue weighted by Crippen LogP contribution is -2.01. The van der Waals surface area contributed by atoms with E-state index in [4.69, 9.17) is 9.72 Å². The SMILES string of the molecule is CCCc1cc(NCC)c2cc(OCC)ccc2n1. The molecule has 0 aliphatic rings. The van der Waals surface area contributed by atoms with Crippen molar-refractivity contribution in [2.45, 2.75) is 33.6 Å². The molecule has 3 nitrogen and oxygen atoms in total. The fraction of sp³-hybridized carbons (Fsp3) is 0.438. The smallest absolute Gasteiger partial charge is 0.120 e. The number of ether oxygens (including phenoxy) is 1. The number of anilines is 1. The zero-order valence-electron chi connectivity index (χ0n) is 12.0. The van der Waals surface area contributed by atoms with Crippen LogP contribution in [0.2, 0.25) is 0 Å². The molecular weight excluding hydrogens is 236 g/mol. The summed E-state index contributed by atoms with van der Waals surface area (Å²) in [5.41, 5.74) is 3.33. The summed E-state index contributed by atoms with van der Waals surface area (Å²) in [4.78, 5) is 4.71. The molecule has 3 heteroatoms. The quantitative estimate of drug-likeness (QED) is 0.849. The van der Waals surface area contributed by atoms with Crippen molar-refractivity contribution >= 4 is 16.6 Å². The van der Waals surface area contributed by atoms with Crippen molar-refractivity contribution < 1.29 is 4.74 Å². The molecule has 0 saturated heterocycles. The number of nitrogens with one attached hydrogen (secondary N) is 1. The minimum atomic E-state index is 0.684. The summed E-state index contributed by atoms with van der Waals surface area (Å²) >= 11 is 0. The zero-order chi connectivity index (χ0) is 13.7. The first-order valence-electron chi connectivity index (χ1n) is 7.08. The minimum absolute atomic E-state index is 0.684. The van der Waals surface area contributed by atoms with E-state index in [2.05, 4.69) is 31.3 Å². The molecule has 0 aliphatic heterocycles. The number of aryl methyl sites for hydroxylation is 1. The van der Waals surface area contributed by atoms with Gasteiger partial charge in [-0.1, -0.05) is 13.3 Å². The first kappa shape index (κ1) is 13.7. The van der Waals surface area contributed by atoms with Crippen LogP contribution < -0.4 is 10.1 Å². The lowest BCUT2D eigenvalue weighted by molar-refractivity contribution is 0.340. The van der Waals surface area contributed by atoms with Crippen molar-refractivity contribution in [1.82, 2.24) is 4.98 Å². The number of hydrogen-bond acceptors (Lipinski definition) is 3. The number of aromatic nitrogens is 1. The molecule has 0 radical (unpaired) electrons. The highest BCUT2D eigenvalue weighted by Gasteiger charge is 2.06. The number of rotatable bonds is 6. The van der Waals surface area contributed by atoms with Crippen molar-refractivity contribution in [2.75, 3.05) is 18.5 Å². The molecule has 0 spiro atoms. The highest BCUT2D eigenvalue weighted by Crippen LogP contribution is 2.27. The molecule has 0 bridgehead atoms. The molecule has 0 aliphatic carbocycles. The highest BCUT2D eigenvalue weighted by molar-refractivity contribution is 5.92. The predicted octanol–water partition coefficient (Wildman–Crippen LogP) is 4.02. The molecule has 0 amide bonds. The third-order valence-corrected chi connectivity index (χ3v) is 3.02. The largest absolute Gasteiger partial charge is 0.494 e. The molecule has 1 aromatic carbocycles. The van der Waals surface area contributed by atoms with E-state index in [1.165, 1.54) is 0 Å². The zero-order valence-corrected chi connectivity index (χ0v) is 12.0. The van der Waals surface area contributed by atoms with Crippen LogP contribution in [-0.4, -0.2) is 18.1 Å². The van der Waals surface area contributed by atoms with E-state index >= 15 is 0 Å². The Balaban J connectivity index is 2.51. The van der Waals surface area contributed by atoms with E-state index in [1.54, 1.807) is 0 Å². The van der Waals surface area contributed by atoms with Gasteiger partial charge in [-0.25, -0.2) is 0 Å². The second-order valence-corrected chi connectivity index (χ2v) is 4.55. The molecule has 1 heterocycles. The normalized spacial score (nSPS) is 10.7. The second-order valence-electron chi connectivity index (χ2n) is 4.55. The van der Waals surface area contributed by atoms with E-state index in [0.29, 0.717) is 6.61 Å². The molecule has 0 unspecified atom stereocenters. The van der Waals surface area contributed by atoms with Crippen molar-refractivity contribution in [3.05, 3.63) is 30.0 Å². The molecule has 0 atom stereocenters. The number of nitrogens with zero attached hydrogens (tertiary/aromatic N) is 1. The van der Waals surface area contributed by atoms with Crippen LogP contribution in [0.25, 0.3) is 10.9 Å². The molecule has 1 aromatic heterocycles. The summed E-state index contributed by atoms with van der Waals surface area (Å²) in [7, 11) is 0. The van der Waals surface area contributed by atoms with Gasteiger partial charge in [0.2, 0.25) is 0 Å². The Bertz CT molecular complexity index is 552. The molecule has 0 fully saturated rings. The van der Waals surface area contributed by atoms with Crippen LogP contribution in [0.1, 0.15) is 32.9 Å². The number of fused-ring (bicyclic) bond motifs is 1. The summed E-state index contributed by atoms with van der Waals surface area (Å²) in [6.07, 6.45) is 2.13. The van der Waals surface area contributed by atoms with Crippen molar-refractivity contribution in [3.63, 3.8) is 0 Å². The van der Waals surface area contributed by atoms with Gasteiger partial charge in [0.15, 0.2) is 0 Å². The number of benzene rings is 1. The van der Waals surface area contributed by atoms with Gasteiger partial charge >= 0.3 is 0 Å². The Morgan fingerprint density at radius 3 is 2.68 bits per heavy atom. The predicted molar refractivity (Wildman–Crippen MR) is 81.1 cm³/mol. The van der Waals surface area contributed by atoms with Crippen molar-refractivity contribution in [2.24, 2.45) is 0 Å². The lowest BCUT2D eigenvalue weighted by atomic mass is 10.1. The monoisotopic (exact) mass is 258 g/mol. The Morgan fingerprint density at radius 2 is 2.00 bits per heavy atom. The molecule has 102 valence electrons. The van der Waals surface area contributed by atoms with Gasteiger partial charge in [0.05, 0.1) is 12.1 Å². The first-order valence-corrected chi connectivity index (χ1v) is 7.08. The standard InChI is InChI=1S/C16H22N2O/c1-4-7-12-10-16(17-5-2)14-11-13(19-6-3)8-9-15(14)18-12/h8-11H,4-7H2,1-3H3,(H,17,18). The van der Waals surface area contributed by atoms with Crippen LogP contribution in [0, 0.1) is 0 Å². The van der Waals surface area contributed by atoms with Gasteiger partial charge in [-0.05, 0) is 44.5 Å². The molecular formula is C16H22N2O. The van der Waals surface area contributed by atoms with Gasteiger partial charge < -0.3 is 10.1 Å². The average Bonchev–Trinajstić information content (AvgIpc) is 2.40. The third-order valence-electron chi connectivity index (χ3n) is 3.02. The molecule has 0 saturated carbocycles. The maximum Gasteiger partial charge on any atom is 0.120 e. The summed E-state index contributed by atoms with van der Waals surface area (Å²) < 4.78 is 5.57. The van der Waals surface area contributed by atoms with Crippen LogP contribution in [-0.2, 0) is 6.42 Å².